The van der Waals surface area contributed by atoms with Gasteiger partial charge in [0.2, 0.25) is 6.34 Å². The van der Waals surface area contributed by atoms with Crippen LogP contribution in [0.3, 0.4) is 0 Å². The molecule has 0 atom stereocenters. The van der Waals surface area contributed by atoms with Gasteiger partial charge in [0, 0.05) is 19.5 Å². The largest absolute Gasteiger partial charge is 1.00 e. The summed E-state index contributed by atoms with van der Waals surface area (Å²) in [5, 5.41) is 2.67. The maximum Gasteiger partial charge on any atom is 0.384 e. The molecule has 0 amide bonds. The molecule has 5 nitrogen and oxygen atoms in total. The highest BCUT2D eigenvalue weighted by Crippen LogP contribution is 2.12. The lowest BCUT2D eigenvalue weighted by atomic mass is 10.6. The van der Waals surface area contributed by atoms with Crippen LogP contribution in [0.15, 0.2) is 16.6 Å². The zero-order valence-electron chi connectivity index (χ0n) is 10.1. The minimum absolute atomic E-state index is 0. The minimum Gasteiger partial charge on any atom is -1.00 e. The SMILES string of the molecule is CCOC(=O)C[n+]1ccsc1/N=C/N(C)C.[Br-]. The monoisotopic (exact) mass is 321 g/mol. The van der Waals surface area contributed by atoms with Gasteiger partial charge < -0.3 is 26.6 Å². The highest BCUT2D eigenvalue weighted by atomic mass is 79.9. The molecule has 0 N–H and O–H groups in total. The minimum atomic E-state index is -0.243. The number of hydrogen-bond donors (Lipinski definition) is 0. The number of halogens is 1. The second kappa shape index (κ2) is 8.19. The molecule has 96 valence electrons. The van der Waals surface area contributed by atoms with Crippen molar-refractivity contribution in [1.82, 2.24) is 4.90 Å². The van der Waals surface area contributed by atoms with Gasteiger partial charge in [-0.2, -0.15) is 0 Å². The van der Waals surface area contributed by atoms with E-state index in [0.29, 0.717) is 6.61 Å². The molecule has 0 saturated carbocycles. The summed E-state index contributed by atoms with van der Waals surface area (Å²) in [4.78, 5) is 17.4. The van der Waals surface area contributed by atoms with Crippen LogP contribution in [0, 0.1) is 0 Å². The molecule has 7 heteroatoms. The first kappa shape index (κ1) is 16.1. The van der Waals surface area contributed by atoms with E-state index < -0.39 is 0 Å². The predicted octanol–water partition coefficient (Wildman–Crippen LogP) is -2.18. The summed E-state index contributed by atoms with van der Waals surface area (Å²) < 4.78 is 6.64. The zero-order chi connectivity index (χ0) is 12.0. The Kier molecular flexibility index (Phi) is 7.73. The molecule has 17 heavy (non-hydrogen) atoms. The van der Waals surface area contributed by atoms with Crippen LogP contribution in [0.5, 0.6) is 0 Å². The van der Waals surface area contributed by atoms with Crippen molar-refractivity contribution in [3.05, 3.63) is 11.6 Å². The average molecular weight is 322 g/mol. The number of hydrogen-bond acceptors (Lipinski definition) is 4. The second-order valence-corrected chi connectivity index (χ2v) is 4.20. The third-order valence-corrected chi connectivity index (χ3v) is 2.47. The van der Waals surface area contributed by atoms with Crippen LogP contribution >= 0.6 is 11.3 Å². The van der Waals surface area contributed by atoms with Crippen LogP contribution in [0.1, 0.15) is 6.92 Å². The van der Waals surface area contributed by atoms with E-state index in [1.807, 2.05) is 30.6 Å². The van der Waals surface area contributed by atoms with Gasteiger partial charge in [-0.15, -0.1) is 0 Å². The summed E-state index contributed by atoms with van der Waals surface area (Å²) in [7, 11) is 3.79. The molecule has 0 aliphatic rings. The van der Waals surface area contributed by atoms with Crippen molar-refractivity contribution in [2.75, 3.05) is 20.7 Å². The number of aromatic nitrogens is 1. The van der Waals surface area contributed by atoms with E-state index in [9.17, 15) is 4.79 Å². The molecule has 0 radical (unpaired) electrons. The van der Waals surface area contributed by atoms with Crippen molar-refractivity contribution in [2.45, 2.75) is 13.5 Å². The maximum atomic E-state index is 11.3. The number of ether oxygens (including phenoxy) is 1. The maximum absolute atomic E-state index is 11.3. The number of esters is 1. The van der Waals surface area contributed by atoms with E-state index in [4.69, 9.17) is 4.74 Å². The first-order valence-corrected chi connectivity index (χ1v) is 5.84. The number of aliphatic imine (C=N–C) groups is 1. The van der Waals surface area contributed by atoms with E-state index in [1.165, 1.54) is 11.3 Å². The lowest BCUT2D eigenvalue weighted by molar-refractivity contribution is -0.668. The topological polar surface area (TPSA) is 45.8 Å². The lowest BCUT2D eigenvalue weighted by Crippen LogP contribution is -3.00. The highest BCUT2D eigenvalue weighted by molar-refractivity contribution is 7.12. The molecule has 0 fully saturated rings. The van der Waals surface area contributed by atoms with E-state index in [-0.39, 0.29) is 29.5 Å². The molecule has 0 aromatic carbocycles. The summed E-state index contributed by atoms with van der Waals surface area (Å²) in [5.74, 6) is -0.243. The molecular weight excluding hydrogens is 306 g/mol. The van der Waals surface area contributed by atoms with Crippen molar-refractivity contribution in [1.29, 1.82) is 0 Å². The standard InChI is InChI=1S/C10H16N3O2S.BrH/c1-4-15-9(14)7-13-5-6-16-10(13)11-8-12(2)3;/h5-6,8H,4,7H2,1-3H3;1H/q+1;/p-1. The van der Waals surface area contributed by atoms with E-state index in [1.54, 1.807) is 17.8 Å². The Morgan fingerprint density at radius 2 is 2.35 bits per heavy atom. The number of carbonyl (C=O) groups is 1. The van der Waals surface area contributed by atoms with Gasteiger partial charge in [-0.1, -0.05) is 11.3 Å². The number of carbonyl (C=O) groups excluding carboxylic acids is 1. The molecule has 0 aliphatic heterocycles. The first-order valence-electron chi connectivity index (χ1n) is 4.96. The average Bonchev–Trinajstić information content (AvgIpc) is 2.62. The molecule has 0 saturated heterocycles. The third kappa shape index (κ3) is 5.78. The van der Waals surface area contributed by atoms with Gasteiger partial charge in [0.25, 0.3) is 0 Å². The fourth-order valence-electron chi connectivity index (χ4n) is 1.03. The van der Waals surface area contributed by atoms with Gasteiger partial charge >= 0.3 is 11.1 Å². The summed E-state index contributed by atoms with van der Waals surface area (Å²) in [5.41, 5.74) is 0. The molecule has 0 unspecified atom stereocenters. The van der Waals surface area contributed by atoms with Crippen molar-refractivity contribution in [3.63, 3.8) is 0 Å². The van der Waals surface area contributed by atoms with Crippen LogP contribution in [-0.2, 0) is 16.1 Å². The summed E-state index contributed by atoms with van der Waals surface area (Å²) in [6.45, 7) is 2.40. The molecule has 0 spiro atoms. The van der Waals surface area contributed by atoms with E-state index in [2.05, 4.69) is 4.99 Å². The molecular formula is C10H16BrN3O2S. The Hall–Kier alpha value is -0.950. The number of nitrogens with zero attached hydrogens (tertiary/aromatic N) is 3. The van der Waals surface area contributed by atoms with E-state index >= 15 is 0 Å². The first-order chi connectivity index (χ1) is 7.63. The normalized spacial score (nSPS) is 10.1. The van der Waals surface area contributed by atoms with Gasteiger partial charge in [-0.05, 0) is 11.9 Å². The third-order valence-electron chi connectivity index (χ3n) is 1.66. The Balaban J connectivity index is 0.00000256. The zero-order valence-corrected chi connectivity index (χ0v) is 12.5. The molecule has 1 rings (SSSR count). The number of thiazole rings is 1. The molecule has 0 aliphatic carbocycles. The van der Waals surface area contributed by atoms with Crippen LogP contribution in [0.25, 0.3) is 0 Å². The van der Waals surface area contributed by atoms with Gasteiger partial charge in [-0.25, -0.2) is 9.36 Å². The van der Waals surface area contributed by atoms with Gasteiger partial charge in [0.15, 0.2) is 6.54 Å². The summed E-state index contributed by atoms with van der Waals surface area (Å²) in [6, 6.07) is 0. The Morgan fingerprint density at radius 1 is 1.65 bits per heavy atom. The van der Waals surface area contributed by atoms with Gasteiger partial charge in [-0.3, -0.25) is 0 Å². The predicted molar refractivity (Wildman–Crippen MR) is 63.0 cm³/mol. The Morgan fingerprint density at radius 3 is 2.94 bits per heavy atom. The van der Waals surface area contributed by atoms with Crippen LogP contribution in [0.4, 0.5) is 5.13 Å². The fraction of sp³-hybridized carbons (Fsp3) is 0.500. The Bertz CT molecular complexity index is 379. The summed E-state index contributed by atoms with van der Waals surface area (Å²) >= 11 is 1.48. The molecule has 0 bridgehead atoms. The highest BCUT2D eigenvalue weighted by Gasteiger charge is 2.14. The van der Waals surface area contributed by atoms with Crippen LogP contribution in [0.2, 0.25) is 0 Å². The van der Waals surface area contributed by atoms with Crippen molar-refractivity contribution >= 4 is 28.8 Å². The van der Waals surface area contributed by atoms with Crippen molar-refractivity contribution < 1.29 is 31.1 Å². The van der Waals surface area contributed by atoms with Crippen molar-refractivity contribution in [3.8, 4) is 0 Å². The number of rotatable bonds is 5. The van der Waals surface area contributed by atoms with Gasteiger partial charge in [0.1, 0.15) is 6.20 Å². The Labute approximate surface area is 115 Å². The molecule has 1 aromatic heterocycles. The quantitative estimate of drug-likeness (QED) is 0.268. The lowest BCUT2D eigenvalue weighted by Gasteiger charge is -1.99. The second-order valence-electron chi connectivity index (χ2n) is 3.33. The van der Waals surface area contributed by atoms with Crippen LogP contribution in [-0.4, -0.2) is 37.9 Å². The molecule has 1 heterocycles. The smallest absolute Gasteiger partial charge is 0.384 e. The van der Waals surface area contributed by atoms with Gasteiger partial charge in [0.05, 0.1) is 6.61 Å². The van der Waals surface area contributed by atoms with E-state index in [0.717, 1.165) is 5.13 Å². The summed E-state index contributed by atoms with van der Waals surface area (Å²) in [6.07, 6.45) is 3.53. The fourth-order valence-corrected chi connectivity index (χ4v) is 1.73. The molecule has 1 aromatic rings. The van der Waals surface area contributed by atoms with Crippen molar-refractivity contribution in [2.24, 2.45) is 4.99 Å². The van der Waals surface area contributed by atoms with Crippen LogP contribution < -0.4 is 21.5 Å².